The maximum absolute atomic E-state index is 5.88. The average Bonchev–Trinajstić information content (AvgIpc) is 2.88. The first kappa shape index (κ1) is 13.1. The predicted molar refractivity (Wildman–Crippen MR) is 79.9 cm³/mol. The van der Waals surface area contributed by atoms with Crippen molar-refractivity contribution in [1.82, 2.24) is 10.3 Å². The topological polar surface area (TPSA) is 34.1 Å². The van der Waals surface area contributed by atoms with Gasteiger partial charge in [-0.2, -0.15) is 0 Å². The van der Waals surface area contributed by atoms with Crippen LogP contribution in [0.25, 0.3) is 0 Å². The molecule has 1 aromatic heterocycles. The Labute approximate surface area is 120 Å². The molecule has 0 saturated heterocycles. The van der Waals surface area contributed by atoms with Gasteiger partial charge < -0.3 is 10.1 Å². The summed E-state index contributed by atoms with van der Waals surface area (Å²) in [6.45, 7) is 2.59. The number of aromatic nitrogens is 1. The number of nitrogens with zero attached hydrogens (tertiary/aromatic N) is 1. The van der Waals surface area contributed by atoms with E-state index < -0.39 is 0 Å². The van der Waals surface area contributed by atoms with Crippen molar-refractivity contribution in [2.45, 2.75) is 32.4 Å². The van der Waals surface area contributed by atoms with E-state index in [1.165, 1.54) is 23.1 Å². The molecule has 3 heteroatoms. The van der Waals surface area contributed by atoms with Crippen LogP contribution in [0.15, 0.2) is 36.5 Å². The first-order valence-corrected chi connectivity index (χ1v) is 7.11. The van der Waals surface area contributed by atoms with Crippen molar-refractivity contribution in [2.24, 2.45) is 0 Å². The van der Waals surface area contributed by atoms with Crippen molar-refractivity contribution >= 4 is 0 Å². The SMILES string of the molecule is CNC1CCc2cc(OCc3ncccc3C)ccc21. The zero-order valence-corrected chi connectivity index (χ0v) is 12.0. The van der Waals surface area contributed by atoms with E-state index in [1.54, 1.807) is 0 Å². The number of fused-ring (bicyclic) bond motifs is 1. The van der Waals surface area contributed by atoms with Gasteiger partial charge in [0.05, 0.1) is 5.69 Å². The lowest BCUT2D eigenvalue weighted by atomic mass is 10.1. The minimum Gasteiger partial charge on any atom is -0.487 e. The normalized spacial score (nSPS) is 17.0. The third kappa shape index (κ3) is 2.54. The summed E-state index contributed by atoms with van der Waals surface area (Å²) in [6.07, 6.45) is 4.11. The van der Waals surface area contributed by atoms with Crippen molar-refractivity contribution in [1.29, 1.82) is 0 Å². The summed E-state index contributed by atoms with van der Waals surface area (Å²) in [5, 5.41) is 3.35. The second kappa shape index (κ2) is 5.63. The standard InChI is InChI=1S/C17H20N2O/c1-12-4-3-9-19-17(12)11-20-14-6-7-15-13(10-14)5-8-16(15)18-2/h3-4,6-7,9-10,16,18H,5,8,11H2,1-2H3. The third-order valence-electron chi connectivity index (χ3n) is 4.03. The Morgan fingerprint density at radius 1 is 1.35 bits per heavy atom. The van der Waals surface area contributed by atoms with Gasteiger partial charge in [-0.3, -0.25) is 4.98 Å². The summed E-state index contributed by atoms with van der Waals surface area (Å²) < 4.78 is 5.88. The first-order chi connectivity index (χ1) is 9.78. The van der Waals surface area contributed by atoms with E-state index >= 15 is 0 Å². The summed E-state index contributed by atoms with van der Waals surface area (Å²) >= 11 is 0. The summed E-state index contributed by atoms with van der Waals surface area (Å²) in [5.41, 5.74) is 4.98. The van der Waals surface area contributed by atoms with E-state index in [0.29, 0.717) is 12.6 Å². The van der Waals surface area contributed by atoms with Gasteiger partial charge in [0.1, 0.15) is 12.4 Å². The molecule has 1 unspecified atom stereocenters. The minimum atomic E-state index is 0.497. The smallest absolute Gasteiger partial charge is 0.130 e. The summed E-state index contributed by atoms with van der Waals surface area (Å²) in [7, 11) is 2.02. The van der Waals surface area contributed by atoms with E-state index in [-0.39, 0.29) is 0 Å². The number of aryl methyl sites for hydroxylation is 2. The van der Waals surface area contributed by atoms with Gasteiger partial charge in [0.25, 0.3) is 0 Å². The molecule has 0 spiro atoms. The highest BCUT2D eigenvalue weighted by molar-refractivity contribution is 5.40. The maximum Gasteiger partial charge on any atom is 0.130 e. The van der Waals surface area contributed by atoms with E-state index in [4.69, 9.17) is 4.74 Å². The molecule has 2 aromatic rings. The molecule has 0 radical (unpaired) electrons. The van der Waals surface area contributed by atoms with Gasteiger partial charge in [-0.1, -0.05) is 12.1 Å². The molecule has 20 heavy (non-hydrogen) atoms. The molecule has 0 saturated carbocycles. The molecule has 0 fully saturated rings. The van der Waals surface area contributed by atoms with Gasteiger partial charge in [0.15, 0.2) is 0 Å². The molecular formula is C17H20N2O. The number of rotatable bonds is 4. The summed E-state index contributed by atoms with van der Waals surface area (Å²) in [6, 6.07) is 10.9. The number of ether oxygens (including phenoxy) is 1. The maximum atomic E-state index is 5.88. The molecule has 0 amide bonds. The predicted octanol–water partition coefficient (Wildman–Crippen LogP) is 3.18. The molecular weight excluding hydrogens is 248 g/mol. The molecule has 1 atom stereocenters. The average molecular weight is 268 g/mol. The Kier molecular flexibility index (Phi) is 3.70. The fourth-order valence-corrected chi connectivity index (χ4v) is 2.80. The largest absolute Gasteiger partial charge is 0.487 e. The second-order valence-electron chi connectivity index (χ2n) is 5.30. The van der Waals surface area contributed by atoms with Crippen LogP contribution in [0.3, 0.4) is 0 Å². The Hall–Kier alpha value is -1.87. The molecule has 1 N–H and O–H groups in total. The number of pyridine rings is 1. The van der Waals surface area contributed by atoms with Gasteiger partial charge in [-0.25, -0.2) is 0 Å². The number of hydrogen-bond donors (Lipinski definition) is 1. The Morgan fingerprint density at radius 3 is 3.05 bits per heavy atom. The lowest BCUT2D eigenvalue weighted by molar-refractivity contribution is 0.300. The first-order valence-electron chi connectivity index (χ1n) is 7.11. The van der Waals surface area contributed by atoms with Gasteiger partial charge in [0, 0.05) is 12.2 Å². The van der Waals surface area contributed by atoms with Crippen LogP contribution in [-0.2, 0) is 13.0 Å². The zero-order valence-electron chi connectivity index (χ0n) is 12.0. The molecule has 1 aliphatic rings. The molecule has 3 nitrogen and oxygen atoms in total. The monoisotopic (exact) mass is 268 g/mol. The lowest BCUT2D eigenvalue weighted by Gasteiger charge is -2.12. The minimum absolute atomic E-state index is 0.497. The Bertz CT molecular complexity index is 610. The molecule has 3 rings (SSSR count). The summed E-state index contributed by atoms with van der Waals surface area (Å²) in [5.74, 6) is 0.936. The molecule has 104 valence electrons. The van der Waals surface area contributed by atoms with Crippen LogP contribution in [0.4, 0.5) is 0 Å². The zero-order chi connectivity index (χ0) is 13.9. The molecule has 1 aliphatic carbocycles. The fraction of sp³-hybridized carbons (Fsp3) is 0.353. The Balaban J connectivity index is 1.72. The van der Waals surface area contributed by atoms with Crippen LogP contribution in [0.2, 0.25) is 0 Å². The van der Waals surface area contributed by atoms with E-state index in [2.05, 4.69) is 41.5 Å². The van der Waals surface area contributed by atoms with E-state index in [1.807, 2.05) is 19.3 Å². The highest BCUT2D eigenvalue weighted by Crippen LogP contribution is 2.33. The van der Waals surface area contributed by atoms with Crippen LogP contribution in [0, 0.1) is 6.92 Å². The fourth-order valence-electron chi connectivity index (χ4n) is 2.80. The van der Waals surface area contributed by atoms with Crippen LogP contribution < -0.4 is 10.1 Å². The van der Waals surface area contributed by atoms with Crippen molar-refractivity contribution in [3.05, 3.63) is 58.9 Å². The third-order valence-corrected chi connectivity index (χ3v) is 4.03. The number of hydrogen-bond acceptors (Lipinski definition) is 3. The van der Waals surface area contributed by atoms with Crippen LogP contribution in [0.1, 0.15) is 34.8 Å². The van der Waals surface area contributed by atoms with E-state index in [0.717, 1.165) is 17.9 Å². The van der Waals surface area contributed by atoms with Crippen molar-refractivity contribution < 1.29 is 4.74 Å². The van der Waals surface area contributed by atoms with Crippen LogP contribution >= 0.6 is 0 Å². The molecule has 1 aromatic carbocycles. The quantitative estimate of drug-likeness (QED) is 0.924. The van der Waals surface area contributed by atoms with Gasteiger partial charge in [-0.15, -0.1) is 0 Å². The van der Waals surface area contributed by atoms with Gasteiger partial charge in [-0.05, 0) is 61.7 Å². The van der Waals surface area contributed by atoms with Crippen molar-refractivity contribution in [3.8, 4) is 5.75 Å². The number of benzene rings is 1. The lowest BCUT2D eigenvalue weighted by Crippen LogP contribution is -2.12. The van der Waals surface area contributed by atoms with Crippen molar-refractivity contribution in [3.63, 3.8) is 0 Å². The highest BCUT2D eigenvalue weighted by atomic mass is 16.5. The second-order valence-corrected chi connectivity index (χ2v) is 5.30. The molecule has 0 bridgehead atoms. The molecule has 1 heterocycles. The molecule has 0 aliphatic heterocycles. The van der Waals surface area contributed by atoms with Gasteiger partial charge >= 0.3 is 0 Å². The highest BCUT2D eigenvalue weighted by Gasteiger charge is 2.21. The number of nitrogens with one attached hydrogen (secondary N) is 1. The van der Waals surface area contributed by atoms with Crippen molar-refractivity contribution in [2.75, 3.05) is 7.05 Å². The van der Waals surface area contributed by atoms with E-state index in [9.17, 15) is 0 Å². The Morgan fingerprint density at radius 2 is 2.25 bits per heavy atom. The van der Waals surface area contributed by atoms with Gasteiger partial charge in [0.2, 0.25) is 0 Å². The summed E-state index contributed by atoms with van der Waals surface area (Å²) in [4.78, 5) is 4.36. The van der Waals surface area contributed by atoms with Crippen LogP contribution in [0.5, 0.6) is 5.75 Å². The van der Waals surface area contributed by atoms with Crippen LogP contribution in [-0.4, -0.2) is 12.0 Å².